The van der Waals surface area contributed by atoms with E-state index in [0.29, 0.717) is 35.9 Å². The maximum absolute atomic E-state index is 13.6. The SMILES string of the molecule is N#CCS(=O)(=O)N1CCC[C@@H](Nc2ccnc(-c3cnc4ccc(F)cn34)n2)C1. The van der Waals surface area contributed by atoms with Crippen LogP contribution >= 0.6 is 0 Å². The van der Waals surface area contributed by atoms with Gasteiger partial charge in [0.2, 0.25) is 10.0 Å². The molecule has 0 amide bonds. The highest BCUT2D eigenvalue weighted by atomic mass is 32.2. The van der Waals surface area contributed by atoms with Crippen LogP contribution in [0.15, 0.2) is 36.8 Å². The molecule has 4 heterocycles. The van der Waals surface area contributed by atoms with Crippen molar-refractivity contribution in [3.63, 3.8) is 0 Å². The molecular formula is C18H18FN7O2S. The predicted octanol–water partition coefficient (Wildman–Crippen LogP) is 1.66. The van der Waals surface area contributed by atoms with Gasteiger partial charge < -0.3 is 5.32 Å². The summed E-state index contributed by atoms with van der Waals surface area (Å²) < 4.78 is 40.8. The van der Waals surface area contributed by atoms with E-state index in [1.807, 2.05) is 0 Å². The number of halogens is 1. The summed E-state index contributed by atoms with van der Waals surface area (Å²) >= 11 is 0. The van der Waals surface area contributed by atoms with Crippen molar-refractivity contribution in [1.29, 1.82) is 5.26 Å². The van der Waals surface area contributed by atoms with Crippen LogP contribution in [0.3, 0.4) is 0 Å². The summed E-state index contributed by atoms with van der Waals surface area (Å²) in [5.41, 5.74) is 1.12. The lowest BCUT2D eigenvalue weighted by Crippen LogP contribution is -2.45. The number of pyridine rings is 1. The van der Waals surface area contributed by atoms with E-state index in [1.165, 1.54) is 16.6 Å². The maximum Gasteiger partial charge on any atom is 0.227 e. The van der Waals surface area contributed by atoms with Crippen LogP contribution < -0.4 is 5.32 Å². The van der Waals surface area contributed by atoms with Gasteiger partial charge in [0.05, 0.1) is 12.3 Å². The summed E-state index contributed by atoms with van der Waals surface area (Å²) in [7, 11) is -3.58. The number of sulfonamides is 1. The minimum Gasteiger partial charge on any atom is -0.366 e. The molecule has 0 radical (unpaired) electrons. The smallest absolute Gasteiger partial charge is 0.227 e. The number of piperidine rings is 1. The van der Waals surface area contributed by atoms with Gasteiger partial charge in [0.25, 0.3) is 0 Å². The van der Waals surface area contributed by atoms with E-state index in [0.717, 1.165) is 6.42 Å². The lowest BCUT2D eigenvalue weighted by atomic mass is 10.1. The van der Waals surface area contributed by atoms with Crippen LogP contribution in [0.25, 0.3) is 17.2 Å². The zero-order valence-electron chi connectivity index (χ0n) is 15.4. The Labute approximate surface area is 166 Å². The van der Waals surface area contributed by atoms with Gasteiger partial charge in [-0.2, -0.15) is 9.57 Å². The van der Waals surface area contributed by atoms with Crippen LogP contribution in [-0.4, -0.2) is 57.0 Å². The van der Waals surface area contributed by atoms with Crippen LogP contribution in [0.5, 0.6) is 0 Å². The molecule has 1 saturated heterocycles. The Kier molecular flexibility index (Phi) is 5.12. The monoisotopic (exact) mass is 415 g/mol. The molecule has 3 aromatic rings. The number of anilines is 1. The summed E-state index contributed by atoms with van der Waals surface area (Å²) in [4.78, 5) is 13.0. The maximum atomic E-state index is 13.6. The van der Waals surface area contributed by atoms with Crippen LogP contribution in [-0.2, 0) is 10.0 Å². The van der Waals surface area contributed by atoms with Crippen molar-refractivity contribution in [1.82, 2.24) is 23.7 Å². The average Bonchev–Trinajstić information content (AvgIpc) is 3.11. The molecule has 1 aliphatic heterocycles. The highest BCUT2D eigenvalue weighted by Crippen LogP contribution is 2.21. The molecule has 3 aromatic heterocycles. The predicted molar refractivity (Wildman–Crippen MR) is 104 cm³/mol. The van der Waals surface area contributed by atoms with E-state index in [9.17, 15) is 12.8 Å². The van der Waals surface area contributed by atoms with Crippen molar-refractivity contribution >= 4 is 21.5 Å². The molecule has 1 fully saturated rings. The topological polar surface area (TPSA) is 116 Å². The summed E-state index contributed by atoms with van der Waals surface area (Å²) in [6.07, 6.45) is 5.94. The van der Waals surface area contributed by atoms with Crippen molar-refractivity contribution in [2.75, 3.05) is 24.2 Å². The van der Waals surface area contributed by atoms with Gasteiger partial charge in [0.1, 0.15) is 23.0 Å². The molecular weight excluding hydrogens is 397 g/mol. The van der Waals surface area contributed by atoms with Gasteiger partial charge in [-0.3, -0.25) is 4.40 Å². The molecule has 1 atom stereocenters. The van der Waals surface area contributed by atoms with Crippen molar-refractivity contribution in [2.24, 2.45) is 0 Å². The number of hydrogen-bond donors (Lipinski definition) is 1. The van der Waals surface area contributed by atoms with Gasteiger partial charge in [-0.15, -0.1) is 0 Å². The molecule has 0 aromatic carbocycles. The fraction of sp³-hybridized carbons (Fsp3) is 0.333. The number of rotatable bonds is 5. The van der Waals surface area contributed by atoms with E-state index in [2.05, 4.69) is 20.3 Å². The molecule has 0 spiro atoms. The van der Waals surface area contributed by atoms with Crippen LogP contribution in [0.4, 0.5) is 10.2 Å². The van der Waals surface area contributed by atoms with Gasteiger partial charge in [0.15, 0.2) is 11.6 Å². The summed E-state index contributed by atoms with van der Waals surface area (Å²) in [5, 5.41) is 12.0. The van der Waals surface area contributed by atoms with Crippen molar-refractivity contribution in [2.45, 2.75) is 18.9 Å². The summed E-state index contributed by atoms with van der Waals surface area (Å²) in [6.45, 7) is 0.675. The standard InChI is InChI=1S/C18H18FN7O2S/c19-13-3-4-17-22-10-15(26(17)11-13)18-21-7-5-16(24-18)23-14-2-1-8-25(12-14)29(27,28)9-6-20/h3-5,7,10-11,14H,1-2,8-9,12H2,(H,21,23,24)/t14-/m1/s1. The van der Waals surface area contributed by atoms with Crippen molar-refractivity contribution < 1.29 is 12.8 Å². The van der Waals surface area contributed by atoms with Crippen LogP contribution in [0, 0.1) is 17.1 Å². The van der Waals surface area contributed by atoms with E-state index in [-0.39, 0.29) is 12.6 Å². The summed E-state index contributed by atoms with van der Waals surface area (Å²) in [6, 6.07) is 6.16. The Morgan fingerprint density at radius 1 is 1.31 bits per heavy atom. The second-order valence-electron chi connectivity index (χ2n) is 6.74. The van der Waals surface area contributed by atoms with Crippen LogP contribution in [0.1, 0.15) is 12.8 Å². The molecule has 1 N–H and O–H groups in total. The van der Waals surface area contributed by atoms with Gasteiger partial charge in [-0.1, -0.05) is 0 Å². The first kappa shape index (κ1) is 19.2. The Balaban J connectivity index is 1.55. The van der Waals surface area contributed by atoms with Gasteiger partial charge in [-0.05, 0) is 31.0 Å². The highest BCUT2D eigenvalue weighted by molar-refractivity contribution is 7.89. The van der Waals surface area contributed by atoms with E-state index < -0.39 is 21.6 Å². The Hall–Kier alpha value is -3.10. The average molecular weight is 415 g/mol. The number of hydrogen-bond acceptors (Lipinski definition) is 7. The number of nitrogens with zero attached hydrogens (tertiary/aromatic N) is 6. The lowest BCUT2D eigenvalue weighted by Gasteiger charge is -2.32. The normalized spacial score (nSPS) is 17.9. The molecule has 0 saturated carbocycles. The minimum absolute atomic E-state index is 0.139. The zero-order valence-corrected chi connectivity index (χ0v) is 16.2. The Morgan fingerprint density at radius 3 is 3.00 bits per heavy atom. The van der Waals surface area contributed by atoms with Gasteiger partial charge in [-0.25, -0.2) is 27.8 Å². The molecule has 9 nitrogen and oxygen atoms in total. The Bertz CT molecular complexity index is 1190. The third-order valence-electron chi connectivity index (χ3n) is 4.73. The van der Waals surface area contributed by atoms with Crippen LogP contribution in [0.2, 0.25) is 0 Å². The second kappa shape index (κ2) is 7.73. The lowest BCUT2D eigenvalue weighted by molar-refractivity contribution is 0.328. The molecule has 0 bridgehead atoms. The molecule has 0 unspecified atom stereocenters. The molecule has 150 valence electrons. The zero-order chi connectivity index (χ0) is 20.4. The highest BCUT2D eigenvalue weighted by Gasteiger charge is 2.28. The van der Waals surface area contributed by atoms with Crippen molar-refractivity contribution in [3.05, 3.63) is 42.6 Å². The number of aromatic nitrogens is 4. The molecule has 29 heavy (non-hydrogen) atoms. The second-order valence-corrected chi connectivity index (χ2v) is 8.71. The fourth-order valence-electron chi connectivity index (χ4n) is 3.38. The van der Waals surface area contributed by atoms with E-state index in [1.54, 1.807) is 35.0 Å². The number of fused-ring (bicyclic) bond motifs is 1. The van der Waals surface area contributed by atoms with Gasteiger partial charge in [0, 0.05) is 31.5 Å². The number of nitrogens with one attached hydrogen (secondary N) is 1. The van der Waals surface area contributed by atoms with Gasteiger partial charge >= 0.3 is 0 Å². The molecule has 0 aliphatic carbocycles. The number of nitriles is 1. The molecule has 4 rings (SSSR count). The van der Waals surface area contributed by atoms with E-state index >= 15 is 0 Å². The fourth-order valence-corrected chi connectivity index (χ4v) is 4.54. The number of imidazole rings is 1. The van der Waals surface area contributed by atoms with E-state index in [4.69, 9.17) is 5.26 Å². The third-order valence-corrected chi connectivity index (χ3v) is 6.34. The third kappa shape index (κ3) is 4.03. The molecule has 1 aliphatic rings. The first-order chi connectivity index (χ1) is 14.0. The van der Waals surface area contributed by atoms with Crippen molar-refractivity contribution in [3.8, 4) is 17.6 Å². The first-order valence-electron chi connectivity index (χ1n) is 9.03. The quantitative estimate of drug-likeness (QED) is 0.674. The Morgan fingerprint density at radius 2 is 2.17 bits per heavy atom. The summed E-state index contributed by atoms with van der Waals surface area (Å²) in [5.74, 6) is -0.0157. The minimum atomic E-state index is -3.58. The first-order valence-corrected chi connectivity index (χ1v) is 10.6. The molecule has 11 heteroatoms. The largest absolute Gasteiger partial charge is 0.366 e.